The Morgan fingerprint density at radius 2 is 2.04 bits per heavy atom. The second kappa shape index (κ2) is 5.96. The highest BCUT2D eigenvalue weighted by atomic mass is 16.5. The number of Topliss-reactive ketones (excluding diaryl/α,β-unsaturated/α-hetero) is 1. The van der Waals surface area contributed by atoms with Crippen LogP contribution >= 0.6 is 0 Å². The van der Waals surface area contributed by atoms with Crippen molar-refractivity contribution < 1.29 is 19.1 Å². The number of ketones is 1. The number of methoxy groups -OCH3 is 1. The Bertz CT molecular complexity index is 824. The number of carbonyl (C=O) groups excluding carboxylic acids is 2. The van der Waals surface area contributed by atoms with Crippen molar-refractivity contribution in [1.82, 2.24) is 0 Å². The molecule has 0 aliphatic carbocycles. The molecular formula is C18H15NO4. The summed E-state index contributed by atoms with van der Waals surface area (Å²) in [6, 6.07) is 12.3. The van der Waals surface area contributed by atoms with E-state index in [-0.39, 0.29) is 17.4 Å². The molecule has 1 heterocycles. The molecule has 1 aliphatic rings. The van der Waals surface area contributed by atoms with Gasteiger partial charge in [0.25, 0.3) is 0 Å². The van der Waals surface area contributed by atoms with Crippen LogP contribution in [0.25, 0.3) is 6.08 Å². The average Bonchev–Trinajstić information content (AvgIpc) is 2.83. The molecule has 0 aromatic heterocycles. The average molecular weight is 309 g/mol. The fourth-order valence-corrected chi connectivity index (χ4v) is 2.35. The van der Waals surface area contributed by atoms with E-state index in [1.54, 1.807) is 31.4 Å². The highest BCUT2D eigenvalue weighted by Gasteiger charge is 2.27. The lowest BCUT2D eigenvalue weighted by Gasteiger charge is -2.03. The summed E-state index contributed by atoms with van der Waals surface area (Å²) in [5, 5.41) is 2.65. The third-order valence-electron chi connectivity index (χ3n) is 3.38. The van der Waals surface area contributed by atoms with Gasteiger partial charge in [0.05, 0.1) is 12.7 Å². The quantitative estimate of drug-likeness (QED) is 0.884. The summed E-state index contributed by atoms with van der Waals surface area (Å²) in [6.45, 7) is 1.42. The summed E-state index contributed by atoms with van der Waals surface area (Å²) in [4.78, 5) is 23.6. The standard InChI is InChI=1S/C18H15NO4/c1-11(20)19-13-6-7-16-15(10-13)18(21)17(23-16)9-12-4-3-5-14(8-12)22-2/h3-10H,1-2H3,(H,19,20)/b17-9-. The molecule has 0 saturated carbocycles. The molecule has 0 unspecified atom stereocenters. The van der Waals surface area contributed by atoms with E-state index in [9.17, 15) is 9.59 Å². The number of fused-ring (bicyclic) bond motifs is 1. The zero-order valence-electron chi connectivity index (χ0n) is 12.8. The van der Waals surface area contributed by atoms with Gasteiger partial charge in [-0.2, -0.15) is 0 Å². The van der Waals surface area contributed by atoms with Crippen LogP contribution in [-0.4, -0.2) is 18.8 Å². The highest BCUT2D eigenvalue weighted by molar-refractivity contribution is 6.15. The summed E-state index contributed by atoms with van der Waals surface area (Å²) in [6.07, 6.45) is 1.67. The van der Waals surface area contributed by atoms with E-state index in [1.165, 1.54) is 6.92 Å². The number of hydrogen-bond donors (Lipinski definition) is 1. The highest BCUT2D eigenvalue weighted by Crippen LogP contribution is 2.34. The van der Waals surface area contributed by atoms with E-state index in [4.69, 9.17) is 9.47 Å². The largest absolute Gasteiger partial charge is 0.497 e. The van der Waals surface area contributed by atoms with E-state index >= 15 is 0 Å². The minimum Gasteiger partial charge on any atom is -0.497 e. The van der Waals surface area contributed by atoms with Crippen molar-refractivity contribution in [1.29, 1.82) is 0 Å². The van der Waals surface area contributed by atoms with E-state index < -0.39 is 0 Å². The maximum Gasteiger partial charge on any atom is 0.232 e. The Morgan fingerprint density at radius 1 is 1.22 bits per heavy atom. The van der Waals surface area contributed by atoms with Gasteiger partial charge >= 0.3 is 0 Å². The zero-order valence-corrected chi connectivity index (χ0v) is 12.8. The number of allylic oxidation sites excluding steroid dienone is 1. The van der Waals surface area contributed by atoms with Gasteiger partial charge in [0, 0.05) is 12.6 Å². The number of hydrogen-bond acceptors (Lipinski definition) is 4. The van der Waals surface area contributed by atoms with Crippen LogP contribution in [0.15, 0.2) is 48.2 Å². The van der Waals surface area contributed by atoms with Crippen LogP contribution in [0.1, 0.15) is 22.8 Å². The van der Waals surface area contributed by atoms with Crippen LogP contribution in [0.3, 0.4) is 0 Å². The molecule has 0 spiro atoms. The summed E-state index contributed by atoms with van der Waals surface area (Å²) in [5.41, 5.74) is 1.81. The Kier molecular flexibility index (Phi) is 3.85. The molecule has 1 aliphatic heterocycles. The molecule has 0 radical (unpaired) electrons. The molecule has 23 heavy (non-hydrogen) atoms. The number of carbonyl (C=O) groups is 2. The maximum absolute atomic E-state index is 12.5. The number of rotatable bonds is 3. The zero-order chi connectivity index (χ0) is 16.4. The van der Waals surface area contributed by atoms with E-state index in [0.29, 0.717) is 22.7 Å². The number of benzene rings is 2. The Hall–Kier alpha value is -3.08. The predicted molar refractivity (Wildman–Crippen MR) is 86.7 cm³/mol. The molecule has 2 aromatic rings. The molecule has 116 valence electrons. The first-order chi connectivity index (χ1) is 11.1. The minimum atomic E-state index is -0.213. The van der Waals surface area contributed by atoms with Crippen LogP contribution in [0.5, 0.6) is 11.5 Å². The predicted octanol–water partition coefficient (Wildman–Crippen LogP) is 3.27. The SMILES string of the molecule is COc1cccc(/C=C2\Oc3ccc(NC(C)=O)cc3C2=O)c1. The van der Waals surface area contributed by atoms with Gasteiger partial charge in [-0.15, -0.1) is 0 Å². The van der Waals surface area contributed by atoms with E-state index in [0.717, 1.165) is 5.56 Å². The smallest absolute Gasteiger partial charge is 0.232 e. The normalized spacial score (nSPS) is 14.3. The first kappa shape index (κ1) is 14.8. The molecular weight excluding hydrogens is 294 g/mol. The van der Waals surface area contributed by atoms with Gasteiger partial charge in [-0.25, -0.2) is 0 Å². The van der Waals surface area contributed by atoms with Crippen molar-refractivity contribution in [2.24, 2.45) is 0 Å². The monoisotopic (exact) mass is 309 g/mol. The molecule has 2 aromatic carbocycles. The molecule has 0 fully saturated rings. The van der Waals surface area contributed by atoms with Gasteiger partial charge in [0.1, 0.15) is 11.5 Å². The Balaban J connectivity index is 1.90. The Morgan fingerprint density at radius 3 is 2.78 bits per heavy atom. The van der Waals surface area contributed by atoms with Crippen LogP contribution in [0, 0.1) is 0 Å². The van der Waals surface area contributed by atoms with Gasteiger partial charge in [-0.3, -0.25) is 9.59 Å². The summed E-state index contributed by atoms with van der Waals surface area (Å²) < 4.78 is 10.8. The Labute approximate surface area is 133 Å². The first-order valence-electron chi connectivity index (χ1n) is 7.07. The van der Waals surface area contributed by atoms with Gasteiger partial charge in [0.2, 0.25) is 11.7 Å². The van der Waals surface area contributed by atoms with Gasteiger partial charge < -0.3 is 14.8 Å². The van der Waals surface area contributed by atoms with Crippen molar-refractivity contribution in [3.63, 3.8) is 0 Å². The minimum absolute atomic E-state index is 0.191. The third-order valence-corrected chi connectivity index (χ3v) is 3.38. The summed E-state index contributed by atoms with van der Waals surface area (Å²) in [7, 11) is 1.59. The maximum atomic E-state index is 12.5. The van der Waals surface area contributed by atoms with Crippen LogP contribution in [-0.2, 0) is 4.79 Å². The van der Waals surface area contributed by atoms with Gasteiger partial charge in [0.15, 0.2) is 5.76 Å². The molecule has 0 atom stereocenters. The fraction of sp³-hybridized carbons (Fsp3) is 0.111. The van der Waals surface area contributed by atoms with Crippen LogP contribution < -0.4 is 14.8 Å². The number of amides is 1. The molecule has 0 bridgehead atoms. The van der Waals surface area contributed by atoms with Crippen molar-refractivity contribution >= 4 is 23.5 Å². The third kappa shape index (κ3) is 3.08. The lowest BCUT2D eigenvalue weighted by molar-refractivity contribution is -0.114. The topological polar surface area (TPSA) is 64.6 Å². The van der Waals surface area contributed by atoms with Gasteiger partial charge in [-0.1, -0.05) is 12.1 Å². The van der Waals surface area contributed by atoms with Crippen LogP contribution in [0.2, 0.25) is 0 Å². The lowest BCUT2D eigenvalue weighted by Crippen LogP contribution is -2.06. The molecule has 0 saturated heterocycles. The van der Waals surface area contributed by atoms with Crippen molar-refractivity contribution in [3.05, 3.63) is 59.4 Å². The van der Waals surface area contributed by atoms with Crippen molar-refractivity contribution in [2.45, 2.75) is 6.92 Å². The van der Waals surface area contributed by atoms with E-state index in [2.05, 4.69) is 5.32 Å². The number of anilines is 1. The second-order valence-electron chi connectivity index (χ2n) is 5.11. The molecule has 1 N–H and O–H groups in total. The van der Waals surface area contributed by atoms with Crippen LogP contribution in [0.4, 0.5) is 5.69 Å². The van der Waals surface area contributed by atoms with Gasteiger partial charge in [-0.05, 0) is 42.0 Å². The lowest BCUT2D eigenvalue weighted by atomic mass is 10.1. The molecule has 1 amide bonds. The number of nitrogens with one attached hydrogen (secondary N) is 1. The van der Waals surface area contributed by atoms with Crippen molar-refractivity contribution in [3.8, 4) is 11.5 Å². The first-order valence-corrected chi connectivity index (χ1v) is 7.07. The molecule has 5 nitrogen and oxygen atoms in total. The summed E-state index contributed by atoms with van der Waals surface area (Å²) in [5.74, 6) is 1.03. The molecule has 5 heteroatoms. The number of ether oxygens (including phenoxy) is 2. The summed E-state index contributed by atoms with van der Waals surface area (Å²) >= 11 is 0. The van der Waals surface area contributed by atoms with E-state index in [1.807, 2.05) is 24.3 Å². The van der Waals surface area contributed by atoms with Crippen molar-refractivity contribution in [2.75, 3.05) is 12.4 Å². The molecule has 3 rings (SSSR count). The second-order valence-corrected chi connectivity index (χ2v) is 5.11. The fourth-order valence-electron chi connectivity index (χ4n) is 2.35.